The van der Waals surface area contributed by atoms with E-state index in [2.05, 4.69) is 4.74 Å². The maximum atomic E-state index is 13.2. The van der Waals surface area contributed by atoms with Crippen LogP contribution in [0.15, 0.2) is 12.1 Å². The third kappa shape index (κ3) is 2.93. The molecular weight excluding hydrogens is 266 g/mol. The van der Waals surface area contributed by atoms with Crippen LogP contribution >= 0.6 is 0 Å². The molecule has 0 radical (unpaired) electrons. The highest BCUT2D eigenvalue weighted by atomic mass is 19.4. The van der Waals surface area contributed by atoms with Gasteiger partial charge < -0.3 is 4.74 Å². The van der Waals surface area contributed by atoms with E-state index in [-0.39, 0.29) is 0 Å². The summed E-state index contributed by atoms with van der Waals surface area (Å²) in [5, 5.41) is 0. The minimum Gasteiger partial charge on any atom is -0.434 e. The fraction of sp³-hybridized carbons (Fsp3) is 0.300. The van der Waals surface area contributed by atoms with E-state index in [0.717, 1.165) is 0 Å². The molecule has 0 saturated heterocycles. The van der Waals surface area contributed by atoms with Gasteiger partial charge in [0.15, 0.2) is 5.78 Å². The van der Waals surface area contributed by atoms with Gasteiger partial charge >= 0.3 is 12.8 Å². The van der Waals surface area contributed by atoms with E-state index < -0.39 is 41.3 Å². The first-order valence-corrected chi connectivity index (χ1v) is 4.50. The second-order valence-corrected chi connectivity index (χ2v) is 3.23. The van der Waals surface area contributed by atoms with Crippen LogP contribution in [0.2, 0.25) is 0 Å². The van der Waals surface area contributed by atoms with Crippen LogP contribution in [0.25, 0.3) is 0 Å². The molecule has 8 heteroatoms. The Labute approximate surface area is 97.2 Å². The first-order chi connectivity index (χ1) is 8.14. The topological polar surface area (TPSA) is 26.3 Å². The lowest BCUT2D eigenvalue weighted by Gasteiger charge is -2.16. The van der Waals surface area contributed by atoms with Gasteiger partial charge in [0, 0.05) is 0 Å². The molecule has 2 nitrogen and oxygen atoms in total. The summed E-state index contributed by atoms with van der Waals surface area (Å²) in [5.41, 5.74) is -3.16. The van der Waals surface area contributed by atoms with Gasteiger partial charge in [-0.15, -0.1) is 0 Å². The molecule has 1 aromatic rings. The van der Waals surface area contributed by atoms with E-state index in [1.807, 2.05) is 0 Å². The quantitative estimate of drug-likeness (QED) is 0.620. The fourth-order valence-electron chi connectivity index (χ4n) is 1.38. The molecular formula is C10H6F6O2. The van der Waals surface area contributed by atoms with Crippen LogP contribution in [0.5, 0.6) is 5.75 Å². The summed E-state index contributed by atoms with van der Waals surface area (Å²) in [4.78, 5) is 11.0. The predicted molar refractivity (Wildman–Crippen MR) is 48.0 cm³/mol. The summed E-state index contributed by atoms with van der Waals surface area (Å²) in [6.45, 7) is -2.82. The number of carbonyl (C=O) groups excluding carboxylic acids is 1. The van der Waals surface area contributed by atoms with Crippen LogP contribution in [0.1, 0.15) is 22.8 Å². The van der Waals surface area contributed by atoms with Gasteiger partial charge in [0.2, 0.25) is 0 Å². The number of carbonyl (C=O) groups is 1. The number of ether oxygens (including phenoxy) is 1. The van der Waals surface area contributed by atoms with Crippen molar-refractivity contribution in [2.45, 2.75) is 19.7 Å². The van der Waals surface area contributed by atoms with Gasteiger partial charge in [-0.3, -0.25) is 4.79 Å². The molecule has 0 amide bonds. The predicted octanol–water partition coefficient (Wildman–Crippen LogP) is 3.65. The standard InChI is InChI=1S/C10H6F6O2/c1-4(17)7-5(11)2-3-6(18-9(12)13)8(7)10(14,15)16/h2-3,9H,1H3. The summed E-state index contributed by atoms with van der Waals surface area (Å²) in [6.07, 6.45) is -5.19. The first kappa shape index (κ1) is 14.3. The van der Waals surface area contributed by atoms with Crippen molar-refractivity contribution in [3.05, 3.63) is 29.1 Å². The number of Topliss-reactive ketones (excluding diaryl/α,β-unsaturated/α-hetero) is 1. The Kier molecular flexibility index (Phi) is 3.88. The van der Waals surface area contributed by atoms with Gasteiger partial charge in [0.25, 0.3) is 0 Å². The van der Waals surface area contributed by atoms with Crippen molar-refractivity contribution in [2.24, 2.45) is 0 Å². The molecule has 0 aliphatic rings. The first-order valence-electron chi connectivity index (χ1n) is 4.50. The third-order valence-electron chi connectivity index (χ3n) is 1.97. The Morgan fingerprint density at radius 3 is 2.22 bits per heavy atom. The van der Waals surface area contributed by atoms with Gasteiger partial charge in [-0.05, 0) is 19.1 Å². The molecule has 0 aliphatic heterocycles. The van der Waals surface area contributed by atoms with Gasteiger partial charge in [0.1, 0.15) is 17.1 Å². The van der Waals surface area contributed by atoms with E-state index >= 15 is 0 Å². The summed E-state index contributed by atoms with van der Waals surface area (Å²) < 4.78 is 78.7. The Hall–Kier alpha value is -1.73. The van der Waals surface area contributed by atoms with Crippen LogP contribution < -0.4 is 4.74 Å². The van der Waals surface area contributed by atoms with Crippen molar-refractivity contribution in [1.29, 1.82) is 0 Å². The molecule has 18 heavy (non-hydrogen) atoms. The lowest BCUT2D eigenvalue weighted by molar-refractivity contribution is -0.142. The third-order valence-corrected chi connectivity index (χ3v) is 1.97. The minimum atomic E-state index is -5.19. The van der Waals surface area contributed by atoms with Crippen molar-refractivity contribution < 1.29 is 35.9 Å². The zero-order chi connectivity index (χ0) is 14.1. The van der Waals surface area contributed by atoms with Crippen molar-refractivity contribution in [3.8, 4) is 5.75 Å². The van der Waals surface area contributed by atoms with Gasteiger partial charge in [-0.2, -0.15) is 22.0 Å². The number of rotatable bonds is 3. The smallest absolute Gasteiger partial charge is 0.420 e. The number of alkyl halides is 5. The van der Waals surface area contributed by atoms with E-state index in [0.29, 0.717) is 19.1 Å². The molecule has 0 unspecified atom stereocenters. The van der Waals surface area contributed by atoms with Crippen LogP contribution in [0.3, 0.4) is 0 Å². The van der Waals surface area contributed by atoms with E-state index in [4.69, 9.17) is 0 Å². The summed E-state index contributed by atoms with van der Waals surface area (Å²) in [7, 11) is 0. The van der Waals surface area contributed by atoms with Gasteiger partial charge in [-0.25, -0.2) is 4.39 Å². The Morgan fingerprint density at radius 1 is 1.28 bits per heavy atom. The van der Waals surface area contributed by atoms with Crippen LogP contribution in [0.4, 0.5) is 26.3 Å². The van der Waals surface area contributed by atoms with Crippen molar-refractivity contribution >= 4 is 5.78 Å². The highest BCUT2D eigenvalue weighted by Gasteiger charge is 2.40. The second kappa shape index (κ2) is 4.87. The van der Waals surface area contributed by atoms with E-state index in [1.54, 1.807) is 0 Å². The van der Waals surface area contributed by atoms with Crippen molar-refractivity contribution in [2.75, 3.05) is 0 Å². The Bertz CT molecular complexity index is 466. The molecule has 0 spiro atoms. The molecule has 100 valence electrons. The average molecular weight is 272 g/mol. The SMILES string of the molecule is CC(=O)c1c(F)ccc(OC(F)F)c1C(F)(F)F. The molecule has 1 rings (SSSR count). The summed E-state index contributed by atoms with van der Waals surface area (Å²) >= 11 is 0. The zero-order valence-electron chi connectivity index (χ0n) is 8.82. The number of ketones is 1. The summed E-state index contributed by atoms with van der Waals surface area (Å²) in [6, 6.07) is 0.862. The molecule has 0 atom stereocenters. The van der Waals surface area contributed by atoms with Crippen molar-refractivity contribution in [1.82, 2.24) is 0 Å². The second-order valence-electron chi connectivity index (χ2n) is 3.23. The van der Waals surface area contributed by atoms with Gasteiger partial charge in [-0.1, -0.05) is 0 Å². The fourth-order valence-corrected chi connectivity index (χ4v) is 1.38. The number of benzene rings is 1. The number of hydrogen-bond donors (Lipinski definition) is 0. The Balaban J connectivity index is 3.55. The Morgan fingerprint density at radius 2 is 1.83 bits per heavy atom. The average Bonchev–Trinajstić information content (AvgIpc) is 2.17. The molecule has 1 aromatic carbocycles. The highest BCUT2D eigenvalue weighted by Crippen LogP contribution is 2.40. The largest absolute Gasteiger partial charge is 0.434 e. The molecule has 0 heterocycles. The van der Waals surface area contributed by atoms with Crippen LogP contribution in [0, 0.1) is 5.82 Å². The monoisotopic (exact) mass is 272 g/mol. The minimum absolute atomic E-state index is 0.400. The van der Waals surface area contributed by atoms with Crippen molar-refractivity contribution in [3.63, 3.8) is 0 Å². The lowest BCUT2D eigenvalue weighted by atomic mass is 10.0. The molecule has 0 fully saturated rings. The molecule has 0 aromatic heterocycles. The molecule has 0 aliphatic carbocycles. The highest BCUT2D eigenvalue weighted by molar-refractivity contribution is 5.96. The number of halogens is 6. The zero-order valence-corrected chi connectivity index (χ0v) is 8.82. The van der Waals surface area contributed by atoms with Crippen LogP contribution in [-0.4, -0.2) is 12.4 Å². The maximum absolute atomic E-state index is 13.2. The maximum Gasteiger partial charge on any atom is 0.420 e. The molecule has 0 N–H and O–H groups in total. The normalized spacial score (nSPS) is 11.8. The molecule has 0 bridgehead atoms. The van der Waals surface area contributed by atoms with Gasteiger partial charge in [0.05, 0.1) is 5.56 Å². The van der Waals surface area contributed by atoms with E-state index in [1.165, 1.54) is 0 Å². The molecule has 0 saturated carbocycles. The van der Waals surface area contributed by atoms with E-state index in [9.17, 15) is 31.1 Å². The van der Waals surface area contributed by atoms with Crippen LogP contribution in [-0.2, 0) is 6.18 Å². The number of hydrogen-bond acceptors (Lipinski definition) is 2. The summed E-state index contributed by atoms with van der Waals surface area (Å²) in [5.74, 6) is -3.97. The lowest BCUT2D eigenvalue weighted by Crippen LogP contribution is -2.17.